The Bertz CT molecular complexity index is 389. The van der Waals surface area contributed by atoms with Crippen LogP contribution in [0, 0.1) is 0 Å². The zero-order chi connectivity index (χ0) is 13.0. The molecule has 1 atom stereocenters. The smallest absolute Gasteiger partial charge is 0.419 e. The number of para-hydroxylation sites is 1. The van der Waals surface area contributed by atoms with Gasteiger partial charge in [0.25, 0.3) is 0 Å². The summed E-state index contributed by atoms with van der Waals surface area (Å²) in [7, 11) is 0. The first kappa shape index (κ1) is 13.2. The summed E-state index contributed by atoms with van der Waals surface area (Å²) in [5.74, 6) is -0.114. The summed E-state index contributed by atoms with van der Waals surface area (Å²) >= 11 is 0. The zero-order valence-corrected chi connectivity index (χ0v) is 9.76. The van der Waals surface area contributed by atoms with E-state index in [0.29, 0.717) is 6.54 Å². The van der Waals surface area contributed by atoms with Gasteiger partial charge >= 0.3 is 6.18 Å². The molecule has 0 aliphatic carbocycles. The van der Waals surface area contributed by atoms with Gasteiger partial charge in [-0.2, -0.15) is 13.2 Å². The highest BCUT2D eigenvalue weighted by atomic mass is 19.4. The number of ether oxygens (including phenoxy) is 1. The highest BCUT2D eigenvalue weighted by Gasteiger charge is 2.34. The van der Waals surface area contributed by atoms with Crippen molar-refractivity contribution < 1.29 is 17.9 Å². The van der Waals surface area contributed by atoms with Crippen molar-refractivity contribution >= 4 is 0 Å². The Kier molecular flexibility index (Phi) is 4.08. The zero-order valence-electron chi connectivity index (χ0n) is 9.76. The van der Waals surface area contributed by atoms with Gasteiger partial charge in [-0.1, -0.05) is 12.1 Å². The van der Waals surface area contributed by atoms with Crippen molar-refractivity contribution in [2.75, 3.05) is 26.2 Å². The Hall–Kier alpha value is -1.27. The lowest BCUT2D eigenvalue weighted by Gasteiger charge is -2.25. The predicted molar refractivity (Wildman–Crippen MR) is 61.6 cm³/mol. The van der Waals surface area contributed by atoms with Gasteiger partial charge < -0.3 is 15.4 Å². The van der Waals surface area contributed by atoms with Gasteiger partial charge in [-0.05, 0) is 12.1 Å². The van der Waals surface area contributed by atoms with E-state index < -0.39 is 11.7 Å². The lowest BCUT2D eigenvalue weighted by atomic mass is 10.2. The Labute approximate surface area is 103 Å². The summed E-state index contributed by atoms with van der Waals surface area (Å²) in [6.45, 7) is 2.60. The molecule has 0 saturated carbocycles. The molecule has 1 aliphatic rings. The van der Waals surface area contributed by atoms with Crippen LogP contribution in [0.15, 0.2) is 24.3 Å². The maximum absolute atomic E-state index is 12.7. The van der Waals surface area contributed by atoms with Crippen LogP contribution >= 0.6 is 0 Å². The number of halogens is 3. The van der Waals surface area contributed by atoms with Crippen LogP contribution in [-0.4, -0.2) is 32.3 Å². The number of piperazine rings is 1. The highest BCUT2D eigenvalue weighted by molar-refractivity contribution is 5.35. The van der Waals surface area contributed by atoms with Crippen LogP contribution in [0.25, 0.3) is 0 Å². The van der Waals surface area contributed by atoms with Gasteiger partial charge in [0.2, 0.25) is 0 Å². The van der Waals surface area contributed by atoms with Crippen LogP contribution < -0.4 is 15.4 Å². The third kappa shape index (κ3) is 3.36. The number of hydrogen-bond donors (Lipinski definition) is 2. The molecule has 0 bridgehead atoms. The van der Waals surface area contributed by atoms with Crippen LogP contribution in [-0.2, 0) is 6.18 Å². The predicted octanol–water partition coefficient (Wildman–Crippen LogP) is 1.65. The van der Waals surface area contributed by atoms with E-state index in [1.165, 1.54) is 18.2 Å². The molecule has 2 N–H and O–H groups in total. The van der Waals surface area contributed by atoms with Crippen LogP contribution in [0.1, 0.15) is 5.56 Å². The molecule has 1 fully saturated rings. The van der Waals surface area contributed by atoms with Crippen LogP contribution in [0.5, 0.6) is 5.75 Å². The first-order valence-electron chi connectivity index (χ1n) is 5.80. The SMILES string of the molecule is FC(F)(F)c1ccccc1OCC1CNCCN1. The maximum Gasteiger partial charge on any atom is 0.419 e. The second kappa shape index (κ2) is 5.58. The van der Waals surface area contributed by atoms with Crippen LogP contribution in [0.2, 0.25) is 0 Å². The number of nitrogens with one attached hydrogen (secondary N) is 2. The topological polar surface area (TPSA) is 33.3 Å². The number of hydrogen-bond acceptors (Lipinski definition) is 3. The molecule has 18 heavy (non-hydrogen) atoms. The molecule has 0 radical (unpaired) electrons. The second-order valence-corrected chi connectivity index (χ2v) is 4.16. The molecular weight excluding hydrogens is 245 g/mol. The number of benzene rings is 1. The largest absolute Gasteiger partial charge is 0.491 e. The quantitative estimate of drug-likeness (QED) is 0.867. The summed E-state index contributed by atoms with van der Waals surface area (Å²) in [6.07, 6.45) is -4.38. The first-order valence-corrected chi connectivity index (χ1v) is 5.80. The Morgan fingerprint density at radius 3 is 2.67 bits per heavy atom. The summed E-state index contributed by atoms with van der Waals surface area (Å²) < 4.78 is 43.4. The fraction of sp³-hybridized carbons (Fsp3) is 0.500. The van der Waals surface area contributed by atoms with Crippen molar-refractivity contribution in [3.63, 3.8) is 0 Å². The highest BCUT2D eigenvalue weighted by Crippen LogP contribution is 2.35. The van der Waals surface area contributed by atoms with E-state index in [1.54, 1.807) is 0 Å². The summed E-state index contributed by atoms with van der Waals surface area (Å²) in [6, 6.07) is 5.31. The molecule has 1 heterocycles. The van der Waals surface area contributed by atoms with Gasteiger partial charge in [0.1, 0.15) is 12.4 Å². The molecule has 1 aliphatic heterocycles. The number of alkyl halides is 3. The molecule has 3 nitrogen and oxygen atoms in total. The molecular formula is C12H15F3N2O. The average molecular weight is 260 g/mol. The third-order valence-electron chi connectivity index (χ3n) is 2.76. The lowest BCUT2D eigenvalue weighted by Crippen LogP contribution is -2.51. The van der Waals surface area contributed by atoms with Crippen molar-refractivity contribution in [1.29, 1.82) is 0 Å². The fourth-order valence-electron chi connectivity index (χ4n) is 1.85. The molecule has 0 spiro atoms. The van der Waals surface area contributed by atoms with Crippen molar-refractivity contribution in [2.45, 2.75) is 12.2 Å². The minimum atomic E-state index is -4.38. The Balaban J connectivity index is 2.00. The molecule has 1 aromatic carbocycles. The van der Waals surface area contributed by atoms with Gasteiger partial charge in [-0.25, -0.2) is 0 Å². The maximum atomic E-state index is 12.7. The van der Waals surface area contributed by atoms with Crippen molar-refractivity contribution in [1.82, 2.24) is 10.6 Å². The van der Waals surface area contributed by atoms with Crippen molar-refractivity contribution in [2.24, 2.45) is 0 Å². The van der Waals surface area contributed by atoms with E-state index in [-0.39, 0.29) is 18.4 Å². The monoisotopic (exact) mass is 260 g/mol. The first-order chi connectivity index (χ1) is 8.57. The summed E-state index contributed by atoms with van der Waals surface area (Å²) in [4.78, 5) is 0. The summed E-state index contributed by atoms with van der Waals surface area (Å²) in [5.41, 5.74) is -0.728. The van der Waals surface area contributed by atoms with E-state index in [9.17, 15) is 13.2 Å². The molecule has 1 aromatic rings. The standard InChI is InChI=1S/C12H15F3N2O/c13-12(14,15)10-3-1-2-4-11(10)18-8-9-7-16-5-6-17-9/h1-4,9,16-17H,5-8H2. The minimum Gasteiger partial charge on any atom is -0.491 e. The third-order valence-corrected chi connectivity index (χ3v) is 2.76. The summed E-state index contributed by atoms with van der Waals surface area (Å²) in [5, 5.41) is 6.33. The van der Waals surface area contributed by atoms with E-state index in [0.717, 1.165) is 19.2 Å². The molecule has 0 amide bonds. The average Bonchev–Trinajstić information content (AvgIpc) is 2.37. The van der Waals surface area contributed by atoms with Crippen LogP contribution in [0.4, 0.5) is 13.2 Å². The van der Waals surface area contributed by atoms with Crippen molar-refractivity contribution in [3.05, 3.63) is 29.8 Å². The minimum absolute atomic E-state index is 0.0417. The van der Waals surface area contributed by atoms with E-state index in [2.05, 4.69) is 10.6 Å². The second-order valence-electron chi connectivity index (χ2n) is 4.16. The van der Waals surface area contributed by atoms with E-state index >= 15 is 0 Å². The van der Waals surface area contributed by atoms with Gasteiger partial charge in [-0.3, -0.25) is 0 Å². The van der Waals surface area contributed by atoms with E-state index in [1.807, 2.05) is 0 Å². The molecule has 6 heteroatoms. The fourth-order valence-corrected chi connectivity index (χ4v) is 1.85. The molecule has 100 valence electrons. The van der Waals surface area contributed by atoms with Gasteiger partial charge in [0.05, 0.1) is 11.6 Å². The van der Waals surface area contributed by atoms with Gasteiger partial charge in [0, 0.05) is 19.6 Å². The van der Waals surface area contributed by atoms with Gasteiger partial charge in [0.15, 0.2) is 0 Å². The lowest BCUT2D eigenvalue weighted by molar-refractivity contribution is -0.139. The normalized spacial score (nSPS) is 20.7. The number of rotatable bonds is 3. The van der Waals surface area contributed by atoms with Crippen molar-refractivity contribution in [3.8, 4) is 5.75 Å². The Morgan fingerprint density at radius 2 is 2.00 bits per heavy atom. The molecule has 2 rings (SSSR count). The van der Waals surface area contributed by atoms with Gasteiger partial charge in [-0.15, -0.1) is 0 Å². The van der Waals surface area contributed by atoms with E-state index in [4.69, 9.17) is 4.74 Å². The molecule has 0 aromatic heterocycles. The molecule has 1 saturated heterocycles. The van der Waals surface area contributed by atoms with Crippen LogP contribution in [0.3, 0.4) is 0 Å². The molecule has 1 unspecified atom stereocenters. The Morgan fingerprint density at radius 1 is 1.22 bits per heavy atom.